The average Bonchev–Trinajstić information content (AvgIpc) is 1.58. The van der Waals surface area contributed by atoms with Crippen LogP contribution in [0, 0.1) is 0 Å². The van der Waals surface area contributed by atoms with Gasteiger partial charge in [-0.25, -0.2) is 0 Å². The lowest BCUT2D eigenvalue weighted by Crippen LogP contribution is -2.43. The molecule has 69 valence electrons. The van der Waals surface area contributed by atoms with Crippen LogP contribution in [0.15, 0.2) is 0 Å². The summed E-state index contributed by atoms with van der Waals surface area (Å²) in [6.45, 7) is 15.7. The molecule has 11 heavy (non-hydrogen) atoms. The van der Waals surface area contributed by atoms with E-state index in [0.29, 0.717) is 0 Å². The Balaban J connectivity index is 4.75. The molecule has 0 unspecified atom stereocenters. The van der Waals surface area contributed by atoms with Crippen molar-refractivity contribution in [3.05, 3.63) is 0 Å². The smallest absolute Gasteiger partial charge is 0.0430 e. The molecule has 0 saturated carbocycles. The third-order valence-electron chi connectivity index (χ3n) is 2.82. The Bertz CT molecular complexity index is 121. The first-order valence-electron chi connectivity index (χ1n) is 4.19. The van der Waals surface area contributed by atoms with Crippen molar-refractivity contribution in [2.45, 2.75) is 58.2 Å². The monoisotopic (exact) mass is 192 g/mol. The maximum atomic E-state index is 6.63. The van der Waals surface area contributed by atoms with Crippen LogP contribution in [0.4, 0.5) is 0 Å². The molecule has 0 rings (SSSR count). The SMILES string of the molecule is CC(C)(C)[Si-](C)(Cl)C(C)(C)C. The van der Waals surface area contributed by atoms with E-state index in [2.05, 4.69) is 48.1 Å². The maximum absolute atomic E-state index is 6.63. The molecule has 0 aliphatic rings. The van der Waals surface area contributed by atoms with Crippen molar-refractivity contribution in [3.63, 3.8) is 0 Å². The van der Waals surface area contributed by atoms with Gasteiger partial charge in [0, 0.05) is 0 Å². The van der Waals surface area contributed by atoms with Gasteiger partial charge in [0.1, 0.15) is 0 Å². The van der Waals surface area contributed by atoms with E-state index < -0.39 is 7.38 Å². The van der Waals surface area contributed by atoms with E-state index in [1.807, 2.05) is 0 Å². The second-order valence-corrected chi connectivity index (χ2v) is 12.8. The van der Waals surface area contributed by atoms with Gasteiger partial charge in [0.05, 0.1) is 0 Å². The third kappa shape index (κ3) is 2.22. The second kappa shape index (κ2) is 2.77. The summed E-state index contributed by atoms with van der Waals surface area (Å²) < 4.78 is 0. The Morgan fingerprint density at radius 3 is 1.00 bits per heavy atom. The number of halogens is 1. The fourth-order valence-corrected chi connectivity index (χ4v) is 3.38. The number of hydrogen-bond donors (Lipinski definition) is 0. The first kappa shape index (κ1) is 11.5. The van der Waals surface area contributed by atoms with Gasteiger partial charge >= 0.3 is 0 Å². The van der Waals surface area contributed by atoms with Crippen LogP contribution in [0.5, 0.6) is 0 Å². The molecule has 0 atom stereocenters. The normalized spacial score (nSPS) is 15.3. The third-order valence-corrected chi connectivity index (χ3v) is 11.9. The van der Waals surface area contributed by atoms with Crippen LogP contribution < -0.4 is 0 Å². The van der Waals surface area contributed by atoms with Crippen molar-refractivity contribution in [3.8, 4) is 0 Å². The van der Waals surface area contributed by atoms with Crippen molar-refractivity contribution in [1.29, 1.82) is 0 Å². The van der Waals surface area contributed by atoms with Crippen LogP contribution in [-0.4, -0.2) is 7.38 Å². The zero-order chi connectivity index (χ0) is 9.50. The molecular weight excluding hydrogens is 172 g/mol. The van der Waals surface area contributed by atoms with E-state index in [4.69, 9.17) is 11.1 Å². The summed E-state index contributed by atoms with van der Waals surface area (Å²) in [6.07, 6.45) is 0. The molecule has 0 spiro atoms. The minimum Gasteiger partial charge on any atom is -0.354 e. The predicted octanol–water partition coefficient (Wildman–Crippen LogP) is 4.40. The van der Waals surface area contributed by atoms with E-state index in [1.165, 1.54) is 0 Å². The zero-order valence-electron chi connectivity index (χ0n) is 8.88. The molecule has 0 saturated heterocycles. The average molecular weight is 193 g/mol. The van der Waals surface area contributed by atoms with Gasteiger partial charge in [-0.05, 0) is 7.38 Å². The van der Waals surface area contributed by atoms with Crippen LogP contribution >= 0.6 is 11.1 Å². The molecule has 0 amide bonds. The Morgan fingerprint density at radius 1 is 0.818 bits per heavy atom. The van der Waals surface area contributed by atoms with Gasteiger partial charge in [0.25, 0.3) is 0 Å². The standard InChI is InChI=1S/C9H21ClSi/c1-8(2,3)11(7,10)9(4,5)6/h1-7H3/q-1. The van der Waals surface area contributed by atoms with Crippen molar-refractivity contribution in [1.82, 2.24) is 0 Å². The van der Waals surface area contributed by atoms with E-state index in [9.17, 15) is 0 Å². The summed E-state index contributed by atoms with van der Waals surface area (Å²) in [6, 6.07) is 0. The highest BCUT2D eigenvalue weighted by molar-refractivity contribution is 7.22. The summed E-state index contributed by atoms with van der Waals surface area (Å²) in [5.74, 6) is 0. The molecule has 0 radical (unpaired) electrons. The molecule has 0 bridgehead atoms. The zero-order valence-corrected chi connectivity index (χ0v) is 10.6. The molecular formula is C9H21ClSi-. The fraction of sp³-hybridized carbons (Fsp3) is 1.00. The van der Waals surface area contributed by atoms with Crippen molar-refractivity contribution < 1.29 is 0 Å². The second-order valence-electron chi connectivity index (χ2n) is 5.50. The predicted molar refractivity (Wildman–Crippen MR) is 56.9 cm³/mol. The molecule has 0 fully saturated rings. The van der Waals surface area contributed by atoms with Gasteiger partial charge in [-0.1, -0.05) is 41.5 Å². The van der Waals surface area contributed by atoms with Crippen LogP contribution in [0.2, 0.25) is 16.6 Å². The minimum atomic E-state index is -1.63. The first-order valence-corrected chi connectivity index (χ1v) is 7.70. The Hall–Kier alpha value is 0.507. The van der Waals surface area contributed by atoms with Gasteiger partial charge in [0.2, 0.25) is 0 Å². The lowest BCUT2D eigenvalue weighted by Gasteiger charge is -2.56. The van der Waals surface area contributed by atoms with Gasteiger partial charge in [-0.3, -0.25) is 0 Å². The highest BCUT2D eigenvalue weighted by atomic mass is 35.6. The van der Waals surface area contributed by atoms with E-state index in [0.717, 1.165) is 0 Å². The van der Waals surface area contributed by atoms with E-state index >= 15 is 0 Å². The Kier molecular flexibility index (Phi) is 2.90. The quantitative estimate of drug-likeness (QED) is 0.394. The van der Waals surface area contributed by atoms with Gasteiger partial charge < -0.3 is 11.1 Å². The highest BCUT2D eigenvalue weighted by Crippen LogP contribution is 2.53. The highest BCUT2D eigenvalue weighted by Gasteiger charge is 2.35. The Morgan fingerprint density at radius 2 is 1.00 bits per heavy atom. The molecule has 0 heterocycles. The largest absolute Gasteiger partial charge is 0.354 e. The molecule has 0 aromatic rings. The van der Waals surface area contributed by atoms with Crippen LogP contribution in [-0.2, 0) is 0 Å². The van der Waals surface area contributed by atoms with Gasteiger partial charge in [-0.15, -0.1) is 10.1 Å². The maximum Gasteiger partial charge on any atom is -0.0430 e. The topological polar surface area (TPSA) is 0 Å². The molecule has 0 N–H and O–H groups in total. The van der Waals surface area contributed by atoms with Crippen LogP contribution in [0.3, 0.4) is 0 Å². The van der Waals surface area contributed by atoms with Gasteiger partial charge in [-0.2, -0.15) is 6.55 Å². The summed E-state index contributed by atoms with van der Waals surface area (Å²) in [7, 11) is -1.63. The summed E-state index contributed by atoms with van der Waals surface area (Å²) >= 11 is 6.63. The van der Waals surface area contributed by atoms with E-state index in [1.54, 1.807) is 0 Å². The fourth-order valence-electron chi connectivity index (χ4n) is 1.12. The molecule has 0 nitrogen and oxygen atoms in total. The summed E-state index contributed by atoms with van der Waals surface area (Å²) in [5, 5.41) is 0.569. The first-order chi connectivity index (χ1) is 4.50. The van der Waals surface area contributed by atoms with Crippen molar-refractivity contribution in [2.75, 3.05) is 0 Å². The lowest BCUT2D eigenvalue weighted by molar-refractivity contribution is 0.637. The van der Waals surface area contributed by atoms with Gasteiger partial charge in [0.15, 0.2) is 0 Å². The Labute approximate surface area is 77.0 Å². The molecule has 2 heteroatoms. The number of hydrogen-bond acceptors (Lipinski definition) is 0. The summed E-state index contributed by atoms with van der Waals surface area (Å²) in [5.41, 5.74) is 0. The lowest BCUT2D eigenvalue weighted by atomic mass is 10.2. The van der Waals surface area contributed by atoms with Crippen molar-refractivity contribution >= 4 is 18.5 Å². The molecule has 0 aromatic carbocycles. The summed E-state index contributed by atoms with van der Waals surface area (Å²) in [4.78, 5) is 0. The number of rotatable bonds is 0. The molecule has 0 aliphatic carbocycles. The molecule has 0 aromatic heterocycles. The van der Waals surface area contributed by atoms with Crippen LogP contribution in [0.25, 0.3) is 0 Å². The van der Waals surface area contributed by atoms with Crippen molar-refractivity contribution in [2.24, 2.45) is 0 Å². The van der Waals surface area contributed by atoms with Crippen LogP contribution in [0.1, 0.15) is 41.5 Å². The van der Waals surface area contributed by atoms with E-state index in [-0.39, 0.29) is 10.1 Å². The molecule has 0 aliphatic heterocycles. The minimum absolute atomic E-state index is 0.285.